The van der Waals surface area contributed by atoms with Crippen molar-refractivity contribution in [2.75, 3.05) is 38.1 Å². The minimum Gasteiger partial charge on any atom is -0.393 e. The van der Waals surface area contributed by atoms with Gasteiger partial charge in [-0.1, -0.05) is 0 Å². The van der Waals surface area contributed by atoms with Crippen LogP contribution in [0, 0.1) is 17.1 Å². The zero-order chi connectivity index (χ0) is 15.2. The normalized spacial score (nSPS) is 15.6. The van der Waals surface area contributed by atoms with E-state index in [0.717, 1.165) is 5.69 Å². The molecule has 1 aromatic carbocycles. The molecule has 2 rings (SSSR count). The SMILES string of the molecule is CN/C=C(/C#N)C(=O)N1CCN(c2ccc(F)cc2)CC1. The molecular formula is C15H17FN4O. The van der Waals surface area contributed by atoms with Crippen molar-refractivity contribution in [3.8, 4) is 6.07 Å². The fraction of sp³-hybridized carbons (Fsp3) is 0.333. The zero-order valence-corrected chi connectivity index (χ0v) is 11.8. The number of anilines is 1. The minimum atomic E-state index is -0.261. The van der Waals surface area contributed by atoms with Gasteiger partial charge in [0.15, 0.2) is 0 Å². The first-order valence-electron chi connectivity index (χ1n) is 6.73. The van der Waals surface area contributed by atoms with Crippen LogP contribution in [0.5, 0.6) is 0 Å². The summed E-state index contributed by atoms with van der Waals surface area (Å²) < 4.78 is 12.9. The quantitative estimate of drug-likeness (QED) is 0.668. The van der Waals surface area contributed by atoms with Gasteiger partial charge in [-0.3, -0.25) is 4.79 Å². The number of rotatable bonds is 3. The molecule has 1 aromatic rings. The Balaban J connectivity index is 1.97. The minimum absolute atomic E-state index is 0.104. The van der Waals surface area contributed by atoms with Crippen molar-refractivity contribution in [3.63, 3.8) is 0 Å². The topological polar surface area (TPSA) is 59.4 Å². The average Bonchev–Trinajstić information content (AvgIpc) is 2.53. The summed E-state index contributed by atoms with van der Waals surface area (Å²) in [5, 5.41) is 11.7. The zero-order valence-electron chi connectivity index (χ0n) is 11.8. The van der Waals surface area contributed by atoms with Crippen LogP contribution in [0.15, 0.2) is 36.0 Å². The Kier molecular flexibility index (Phi) is 4.77. The number of piperazine rings is 1. The maximum absolute atomic E-state index is 12.9. The summed E-state index contributed by atoms with van der Waals surface area (Å²) in [5.41, 5.74) is 1.04. The van der Waals surface area contributed by atoms with E-state index in [1.165, 1.54) is 18.3 Å². The Bertz CT molecular complexity index is 568. The monoisotopic (exact) mass is 288 g/mol. The lowest BCUT2D eigenvalue weighted by molar-refractivity contribution is -0.127. The summed E-state index contributed by atoms with van der Waals surface area (Å²) in [6, 6.07) is 8.22. The van der Waals surface area contributed by atoms with Crippen LogP contribution in [0.4, 0.5) is 10.1 Å². The highest BCUT2D eigenvalue weighted by atomic mass is 19.1. The van der Waals surface area contributed by atoms with Crippen LogP contribution in [0.3, 0.4) is 0 Å². The predicted molar refractivity (Wildman–Crippen MR) is 77.9 cm³/mol. The molecule has 1 heterocycles. The Morgan fingerprint density at radius 2 is 1.90 bits per heavy atom. The van der Waals surface area contributed by atoms with E-state index >= 15 is 0 Å². The maximum atomic E-state index is 12.9. The van der Waals surface area contributed by atoms with Gasteiger partial charge in [-0.25, -0.2) is 4.39 Å². The number of nitrogens with one attached hydrogen (secondary N) is 1. The van der Waals surface area contributed by atoms with Gasteiger partial charge in [-0.15, -0.1) is 0 Å². The highest BCUT2D eigenvalue weighted by molar-refractivity contribution is 5.97. The van der Waals surface area contributed by atoms with Gasteiger partial charge in [0.2, 0.25) is 0 Å². The maximum Gasteiger partial charge on any atom is 0.266 e. The smallest absolute Gasteiger partial charge is 0.266 e. The molecule has 0 bridgehead atoms. The van der Waals surface area contributed by atoms with E-state index in [0.29, 0.717) is 26.2 Å². The number of nitriles is 1. The lowest BCUT2D eigenvalue weighted by Crippen LogP contribution is -2.49. The van der Waals surface area contributed by atoms with Crippen molar-refractivity contribution in [1.29, 1.82) is 5.26 Å². The molecule has 1 saturated heterocycles. The molecule has 0 unspecified atom stereocenters. The number of halogens is 1. The Labute approximate surface area is 123 Å². The molecule has 6 heteroatoms. The van der Waals surface area contributed by atoms with E-state index in [1.807, 2.05) is 6.07 Å². The van der Waals surface area contributed by atoms with Gasteiger partial charge in [-0.2, -0.15) is 5.26 Å². The second kappa shape index (κ2) is 6.75. The molecule has 1 amide bonds. The molecular weight excluding hydrogens is 271 g/mol. The van der Waals surface area contributed by atoms with Crippen molar-refractivity contribution < 1.29 is 9.18 Å². The fourth-order valence-electron chi connectivity index (χ4n) is 2.28. The number of carbonyl (C=O) groups is 1. The Morgan fingerprint density at radius 1 is 1.29 bits per heavy atom. The second-order valence-corrected chi connectivity index (χ2v) is 4.71. The van der Waals surface area contributed by atoms with E-state index in [2.05, 4.69) is 10.2 Å². The second-order valence-electron chi connectivity index (χ2n) is 4.71. The van der Waals surface area contributed by atoms with Crippen LogP contribution in [-0.2, 0) is 4.79 Å². The van der Waals surface area contributed by atoms with Gasteiger partial charge in [-0.05, 0) is 24.3 Å². The number of nitrogens with zero attached hydrogens (tertiary/aromatic N) is 3. The van der Waals surface area contributed by atoms with Crippen LogP contribution in [-0.4, -0.2) is 44.0 Å². The molecule has 0 radical (unpaired) electrons. The summed E-state index contributed by atoms with van der Waals surface area (Å²) in [5.74, 6) is -0.519. The van der Waals surface area contributed by atoms with Gasteiger partial charge < -0.3 is 15.1 Å². The average molecular weight is 288 g/mol. The molecule has 0 atom stereocenters. The third-order valence-electron chi connectivity index (χ3n) is 3.40. The molecule has 0 aliphatic carbocycles. The number of carbonyl (C=O) groups excluding carboxylic acids is 1. The first-order chi connectivity index (χ1) is 10.2. The number of hydrogen-bond acceptors (Lipinski definition) is 4. The van der Waals surface area contributed by atoms with Gasteiger partial charge >= 0.3 is 0 Å². The van der Waals surface area contributed by atoms with Gasteiger partial charge in [0.25, 0.3) is 5.91 Å². The van der Waals surface area contributed by atoms with Crippen LogP contribution >= 0.6 is 0 Å². The van der Waals surface area contributed by atoms with E-state index in [-0.39, 0.29) is 17.3 Å². The third-order valence-corrected chi connectivity index (χ3v) is 3.40. The Morgan fingerprint density at radius 3 is 2.43 bits per heavy atom. The van der Waals surface area contributed by atoms with Gasteiger partial charge in [0.1, 0.15) is 17.5 Å². The molecule has 21 heavy (non-hydrogen) atoms. The van der Waals surface area contributed by atoms with Crippen molar-refractivity contribution in [3.05, 3.63) is 41.9 Å². The molecule has 1 N–H and O–H groups in total. The Hall–Kier alpha value is -2.55. The van der Waals surface area contributed by atoms with E-state index in [9.17, 15) is 9.18 Å². The standard InChI is InChI=1S/C15H17FN4O/c1-18-11-12(10-17)15(21)20-8-6-19(7-9-20)14-4-2-13(16)3-5-14/h2-5,11,18H,6-9H2,1H3/b12-11-. The van der Waals surface area contributed by atoms with Crippen molar-refractivity contribution >= 4 is 11.6 Å². The third kappa shape index (κ3) is 3.51. The summed E-state index contributed by atoms with van der Waals surface area (Å²) in [7, 11) is 1.65. The van der Waals surface area contributed by atoms with Crippen molar-refractivity contribution in [2.45, 2.75) is 0 Å². The number of hydrogen-bond donors (Lipinski definition) is 1. The van der Waals surface area contributed by atoms with E-state index in [1.54, 1.807) is 24.1 Å². The van der Waals surface area contributed by atoms with E-state index < -0.39 is 0 Å². The summed E-state index contributed by atoms with van der Waals surface area (Å²) in [4.78, 5) is 15.9. The summed E-state index contributed by atoms with van der Waals surface area (Å²) >= 11 is 0. The largest absolute Gasteiger partial charge is 0.393 e. The molecule has 1 aliphatic heterocycles. The van der Waals surface area contributed by atoms with Gasteiger partial charge in [0, 0.05) is 45.1 Å². The van der Waals surface area contributed by atoms with E-state index in [4.69, 9.17) is 5.26 Å². The first-order valence-corrected chi connectivity index (χ1v) is 6.73. The molecule has 5 nitrogen and oxygen atoms in total. The molecule has 0 saturated carbocycles. The first kappa shape index (κ1) is 14.9. The highest BCUT2D eigenvalue weighted by Crippen LogP contribution is 2.17. The van der Waals surface area contributed by atoms with Crippen molar-refractivity contribution in [1.82, 2.24) is 10.2 Å². The molecule has 110 valence electrons. The summed E-state index contributed by atoms with van der Waals surface area (Å²) in [6.45, 7) is 2.41. The molecule has 1 aliphatic rings. The van der Waals surface area contributed by atoms with Crippen LogP contribution in [0.25, 0.3) is 0 Å². The molecule has 0 aromatic heterocycles. The number of amides is 1. The molecule has 0 spiro atoms. The lowest BCUT2D eigenvalue weighted by atomic mass is 10.2. The summed E-state index contributed by atoms with van der Waals surface area (Å²) in [6.07, 6.45) is 1.41. The number of benzene rings is 1. The highest BCUT2D eigenvalue weighted by Gasteiger charge is 2.23. The fourth-order valence-corrected chi connectivity index (χ4v) is 2.28. The van der Waals surface area contributed by atoms with Gasteiger partial charge in [0.05, 0.1) is 0 Å². The predicted octanol–water partition coefficient (Wildman–Crippen LogP) is 1.10. The molecule has 1 fully saturated rings. The van der Waals surface area contributed by atoms with Crippen LogP contribution in [0.1, 0.15) is 0 Å². The van der Waals surface area contributed by atoms with Crippen LogP contribution in [0.2, 0.25) is 0 Å². The van der Waals surface area contributed by atoms with Crippen molar-refractivity contribution in [2.24, 2.45) is 0 Å². The van der Waals surface area contributed by atoms with Crippen LogP contribution < -0.4 is 10.2 Å². The lowest BCUT2D eigenvalue weighted by Gasteiger charge is -2.36.